The Morgan fingerprint density at radius 3 is 2.69 bits per heavy atom. The van der Waals surface area contributed by atoms with E-state index in [4.69, 9.17) is 11.6 Å². The van der Waals surface area contributed by atoms with Crippen molar-refractivity contribution in [3.8, 4) is 12.3 Å². The number of hydrogen-bond donors (Lipinski definition) is 1. The highest BCUT2D eigenvalue weighted by molar-refractivity contribution is 7.89. The predicted molar refractivity (Wildman–Crippen MR) is 102 cm³/mol. The molecule has 10 heteroatoms. The molecular formula is C16H14N4O3S3. The van der Waals surface area contributed by atoms with Crippen LogP contribution in [0.15, 0.2) is 28.1 Å². The molecule has 0 saturated carbocycles. The molecule has 2 aromatic heterocycles. The van der Waals surface area contributed by atoms with Crippen LogP contribution in [0.4, 0.5) is 0 Å². The molecular weight excluding hydrogens is 392 g/mol. The van der Waals surface area contributed by atoms with E-state index in [1.54, 1.807) is 17.6 Å². The largest absolute Gasteiger partial charge is 0.305 e. The lowest BCUT2D eigenvalue weighted by Gasteiger charge is -2.01. The number of primary sulfonamides is 1. The van der Waals surface area contributed by atoms with Gasteiger partial charge in [0.05, 0.1) is 32.4 Å². The topological polar surface area (TPSA) is 107 Å². The van der Waals surface area contributed by atoms with Crippen molar-refractivity contribution in [3.63, 3.8) is 0 Å². The third-order valence-electron chi connectivity index (χ3n) is 3.53. The fourth-order valence-electron chi connectivity index (χ4n) is 2.43. The van der Waals surface area contributed by atoms with Gasteiger partial charge in [0.2, 0.25) is 10.0 Å². The zero-order chi connectivity index (χ0) is 19.1. The first-order chi connectivity index (χ1) is 12.2. The summed E-state index contributed by atoms with van der Waals surface area (Å²) in [5.74, 6) is 2.12. The highest BCUT2D eigenvalue weighted by Gasteiger charge is 2.16. The lowest BCUT2D eigenvalue weighted by atomic mass is 10.3. The lowest BCUT2D eigenvalue weighted by Crippen LogP contribution is -2.16. The number of carbonyl (C=O) groups is 1. The number of carbonyl (C=O) groups excluding carboxylic acids is 1. The summed E-state index contributed by atoms with van der Waals surface area (Å²) in [6.45, 7) is 3.77. The first-order valence-electron chi connectivity index (χ1n) is 7.33. The summed E-state index contributed by atoms with van der Waals surface area (Å²) in [4.78, 5) is 21.8. The number of benzene rings is 1. The SMILES string of the molecule is C#CCn1c(=NC(=O)c2sc(C)nc2C)sc2cc(S(N)(=O)=O)ccc21. The zero-order valence-corrected chi connectivity index (χ0v) is 16.3. The highest BCUT2D eigenvalue weighted by Crippen LogP contribution is 2.22. The molecule has 2 heterocycles. The van der Waals surface area contributed by atoms with Crippen molar-refractivity contribution in [1.82, 2.24) is 9.55 Å². The monoisotopic (exact) mass is 406 g/mol. The average Bonchev–Trinajstić information content (AvgIpc) is 3.06. The summed E-state index contributed by atoms with van der Waals surface area (Å²) in [5.41, 5.74) is 1.31. The maximum absolute atomic E-state index is 12.5. The Morgan fingerprint density at radius 2 is 2.12 bits per heavy atom. The molecule has 1 aromatic carbocycles. The van der Waals surface area contributed by atoms with Gasteiger partial charge in [0.15, 0.2) is 4.80 Å². The quantitative estimate of drug-likeness (QED) is 0.669. The van der Waals surface area contributed by atoms with Crippen molar-refractivity contribution < 1.29 is 13.2 Å². The molecule has 2 N–H and O–H groups in total. The number of hydrogen-bond acceptors (Lipinski definition) is 6. The molecule has 26 heavy (non-hydrogen) atoms. The van der Waals surface area contributed by atoms with Gasteiger partial charge in [0, 0.05) is 0 Å². The van der Waals surface area contributed by atoms with Gasteiger partial charge in [-0.2, -0.15) is 4.99 Å². The first-order valence-corrected chi connectivity index (χ1v) is 10.5. The van der Waals surface area contributed by atoms with E-state index >= 15 is 0 Å². The number of nitrogens with zero attached hydrogens (tertiary/aromatic N) is 3. The molecule has 0 fully saturated rings. The Bertz CT molecular complexity index is 1240. The van der Waals surface area contributed by atoms with Gasteiger partial charge in [-0.25, -0.2) is 18.5 Å². The van der Waals surface area contributed by atoms with Gasteiger partial charge < -0.3 is 4.57 Å². The van der Waals surface area contributed by atoms with Crippen LogP contribution in [-0.2, 0) is 16.6 Å². The summed E-state index contributed by atoms with van der Waals surface area (Å²) in [7, 11) is -3.83. The molecule has 1 amide bonds. The van der Waals surface area contributed by atoms with E-state index in [0.717, 1.165) is 5.01 Å². The highest BCUT2D eigenvalue weighted by atomic mass is 32.2. The molecule has 0 aliphatic carbocycles. The van der Waals surface area contributed by atoms with Crippen LogP contribution in [-0.4, -0.2) is 23.9 Å². The number of rotatable bonds is 3. The lowest BCUT2D eigenvalue weighted by molar-refractivity contribution is 0.100. The molecule has 134 valence electrons. The summed E-state index contributed by atoms with van der Waals surface area (Å²) >= 11 is 2.45. The van der Waals surface area contributed by atoms with Crippen molar-refractivity contribution in [1.29, 1.82) is 0 Å². The van der Waals surface area contributed by atoms with E-state index in [1.165, 1.54) is 34.8 Å². The minimum atomic E-state index is -3.83. The third kappa shape index (κ3) is 3.47. The Morgan fingerprint density at radius 1 is 1.38 bits per heavy atom. The van der Waals surface area contributed by atoms with E-state index in [0.29, 0.717) is 25.6 Å². The molecule has 0 saturated heterocycles. The van der Waals surface area contributed by atoms with Crippen LogP contribution in [0, 0.1) is 26.2 Å². The standard InChI is InChI=1S/C16H14N4O3S3/c1-4-7-20-12-6-5-11(26(17,22)23)8-13(12)25-16(20)19-15(21)14-9(2)18-10(3)24-14/h1,5-6,8H,7H2,2-3H3,(H2,17,22,23). The van der Waals surface area contributed by atoms with Gasteiger partial charge in [-0.15, -0.1) is 17.8 Å². The molecule has 3 rings (SSSR count). The second-order valence-corrected chi connectivity index (χ2v) is 9.19. The van der Waals surface area contributed by atoms with E-state index in [-0.39, 0.29) is 11.4 Å². The van der Waals surface area contributed by atoms with Crippen LogP contribution in [0.1, 0.15) is 20.4 Å². The van der Waals surface area contributed by atoms with Crippen LogP contribution >= 0.6 is 22.7 Å². The smallest absolute Gasteiger partial charge is 0.291 e. The Balaban J connectivity index is 2.21. The summed E-state index contributed by atoms with van der Waals surface area (Å²) in [6, 6.07) is 4.46. The van der Waals surface area contributed by atoms with Gasteiger partial charge in [-0.1, -0.05) is 17.3 Å². The molecule has 0 aliphatic heterocycles. The Hall–Kier alpha value is -2.32. The third-order valence-corrected chi connectivity index (χ3v) is 6.54. The second kappa shape index (κ2) is 6.77. The fourth-order valence-corrected chi connectivity index (χ4v) is 4.91. The predicted octanol–water partition coefficient (Wildman–Crippen LogP) is 1.80. The summed E-state index contributed by atoms with van der Waals surface area (Å²) < 4.78 is 25.4. The zero-order valence-electron chi connectivity index (χ0n) is 13.9. The number of amides is 1. The first kappa shape index (κ1) is 18.5. The minimum absolute atomic E-state index is 0.00842. The van der Waals surface area contributed by atoms with Crippen LogP contribution in [0.5, 0.6) is 0 Å². The van der Waals surface area contributed by atoms with Crippen molar-refractivity contribution in [2.75, 3.05) is 0 Å². The maximum Gasteiger partial charge on any atom is 0.291 e. The fraction of sp³-hybridized carbons (Fsp3) is 0.188. The van der Waals surface area contributed by atoms with Gasteiger partial charge in [-0.3, -0.25) is 4.79 Å². The number of sulfonamides is 1. The van der Waals surface area contributed by atoms with Crippen molar-refractivity contribution in [2.24, 2.45) is 10.1 Å². The Kier molecular flexibility index (Phi) is 4.81. The van der Waals surface area contributed by atoms with E-state index in [1.807, 2.05) is 6.92 Å². The molecule has 0 radical (unpaired) electrons. The molecule has 7 nitrogen and oxygen atoms in total. The van der Waals surface area contributed by atoms with Crippen LogP contribution < -0.4 is 9.94 Å². The van der Waals surface area contributed by atoms with Crippen LogP contribution in [0.2, 0.25) is 0 Å². The minimum Gasteiger partial charge on any atom is -0.305 e. The molecule has 0 bridgehead atoms. The van der Waals surface area contributed by atoms with Gasteiger partial charge in [-0.05, 0) is 32.0 Å². The molecule has 0 atom stereocenters. The number of nitrogens with two attached hydrogens (primary N) is 1. The van der Waals surface area contributed by atoms with Gasteiger partial charge >= 0.3 is 0 Å². The van der Waals surface area contributed by atoms with Crippen LogP contribution in [0.3, 0.4) is 0 Å². The summed E-state index contributed by atoms with van der Waals surface area (Å²) in [6.07, 6.45) is 5.43. The van der Waals surface area contributed by atoms with E-state index in [2.05, 4.69) is 15.9 Å². The average molecular weight is 407 g/mol. The number of thiazole rings is 2. The van der Waals surface area contributed by atoms with Crippen molar-refractivity contribution >= 4 is 48.8 Å². The Labute approximate surface area is 157 Å². The van der Waals surface area contributed by atoms with E-state index in [9.17, 15) is 13.2 Å². The molecule has 0 spiro atoms. The van der Waals surface area contributed by atoms with Crippen LogP contribution in [0.25, 0.3) is 10.2 Å². The molecule has 0 aliphatic rings. The second-order valence-electron chi connectivity index (χ2n) is 5.41. The number of fused-ring (bicyclic) bond motifs is 1. The normalized spacial score (nSPS) is 12.5. The van der Waals surface area contributed by atoms with E-state index < -0.39 is 15.9 Å². The van der Waals surface area contributed by atoms with Gasteiger partial charge in [0.25, 0.3) is 5.91 Å². The number of terminal acetylenes is 1. The number of aromatic nitrogens is 2. The van der Waals surface area contributed by atoms with Crippen molar-refractivity contribution in [3.05, 3.63) is 38.6 Å². The summed E-state index contributed by atoms with van der Waals surface area (Å²) in [5, 5.41) is 5.97. The molecule has 3 aromatic rings. The van der Waals surface area contributed by atoms with Gasteiger partial charge in [0.1, 0.15) is 4.88 Å². The van der Waals surface area contributed by atoms with Crippen molar-refractivity contribution in [2.45, 2.75) is 25.3 Å². The number of aryl methyl sites for hydroxylation is 2. The molecule has 0 unspecified atom stereocenters. The maximum atomic E-state index is 12.5.